The number of benzene rings is 1. The molecule has 2 aromatic rings. The van der Waals surface area contributed by atoms with E-state index in [0.717, 1.165) is 70.6 Å². The maximum atomic E-state index is 13.1. The predicted molar refractivity (Wildman–Crippen MR) is 142 cm³/mol. The van der Waals surface area contributed by atoms with Crippen molar-refractivity contribution in [1.29, 1.82) is 0 Å². The van der Waals surface area contributed by atoms with Crippen molar-refractivity contribution in [3.63, 3.8) is 0 Å². The maximum absolute atomic E-state index is 13.1. The van der Waals surface area contributed by atoms with E-state index in [1.165, 1.54) is 5.56 Å². The van der Waals surface area contributed by atoms with E-state index < -0.39 is 0 Å². The number of nitrogens with zero attached hydrogens (tertiary/aromatic N) is 5. The van der Waals surface area contributed by atoms with Crippen LogP contribution in [0, 0.1) is 5.92 Å². The van der Waals surface area contributed by atoms with E-state index in [-0.39, 0.29) is 17.1 Å². The molecule has 4 aliphatic rings. The fraction of sp³-hybridized carbons (Fsp3) is 0.607. The van der Waals surface area contributed by atoms with Gasteiger partial charge in [0.25, 0.3) is 0 Å². The molecule has 1 aliphatic carbocycles. The van der Waals surface area contributed by atoms with E-state index in [9.17, 15) is 4.79 Å². The summed E-state index contributed by atoms with van der Waals surface area (Å²) in [5.74, 6) is 1.28. The van der Waals surface area contributed by atoms with Crippen LogP contribution in [0.25, 0.3) is 0 Å². The molecule has 1 aromatic carbocycles. The largest absolute Gasteiger partial charge is 0.381 e. The van der Waals surface area contributed by atoms with Crippen LogP contribution in [0.3, 0.4) is 0 Å². The van der Waals surface area contributed by atoms with E-state index in [0.29, 0.717) is 31.6 Å². The smallest absolute Gasteiger partial charge is 0.322 e. The first-order valence-corrected chi connectivity index (χ1v) is 13.7. The van der Waals surface area contributed by atoms with Gasteiger partial charge in [-0.05, 0) is 50.6 Å². The third kappa shape index (κ3) is 4.80. The van der Waals surface area contributed by atoms with Crippen LogP contribution in [0.1, 0.15) is 37.7 Å². The van der Waals surface area contributed by atoms with Gasteiger partial charge in [-0.25, -0.2) is 14.8 Å². The third-order valence-corrected chi connectivity index (χ3v) is 8.94. The van der Waals surface area contributed by atoms with E-state index >= 15 is 0 Å². The summed E-state index contributed by atoms with van der Waals surface area (Å²) < 4.78 is 11.1. The van der Waals surface area contributed by atoms with E-state index in [1.807, 2.05) is 4.90 Å². The lowest BCUT2D eigenvalue weighted by Gasteiger charge is -2.50. The molecule has 2 amide bonds. The van der Waals surface area contributed by atoms with Gasteiger partial charge in [0.05, 0.1) is 50.0 Å². The first-order chi connectivity index (χ1) is 18.1. The highest BCUT2D eigenvalue weighted by atomic mass is 16.5. The van der Waals surface area contributed by atoms with Crippen molar-refractivity contribution in [2.45, 2.75) is 43.2 Å². The Kier molecular flexibility index (Phi) is 6.77. The van der Waals surface area contributed by atoms with Crippen molar-refractivity contribution in [3.8, 4) is 0 Å². The SMILES string of the molecule is CN(CC1CCOC1)[C@]1(c2ccccc2)CC[C@@]2(CC1)CN(c1cnc(N3CCOCC3)nc1)C(=O)N2. The van der Waals surface area contributed by atoms with Crippen LogP contribution in [0.15, 0.2) is 42.7 Å². The quantitative estimate of drug-likeness (QED) is 0.645. The molecule has 198 valence electrons. The zero-order chi connectivity index (χ0) is 25.3. The van der Waals surface area contributed by atoms with Gasteiger partial charge in [0.15, 0.2) is 0 Å². The molecule has 3 saturated heterocycles. The van der Waals surface area contributed by atoms with Gasteiger partial charge < -0.3 is 19.7 Å². The van der Waals surface area contributed by atoms with Gasteiger partial charge in [-0.15, -0.1) is 0 Å². The summed E-state index contributed by atoms with van der Waals surface area (Å²) in [6.07, 6.45) is 8.57. The zero-order valence-electron chi connectivity index (χ0n) is 21.8. The Hall–Kier alpha value is -2.75. The van der Waals surface area contributed by atoms with Crippen molar-refractivity contribution in [1.82, 2.24) is 20.2 Å². The fourth-order valence-electron chi connectivity index (χ4n) is 6.65. The molecule has 9 heteroatoms. The summed E-state index contributed by atoms with van der Waals surface area (Å²) in [6, 6.07) is 10.9. The van der Waals surface area contributed by atoms with Gasteiger partial charge in [-0.2, -0.15) is 0 Å². The number of hydrogen-bond acceptors (Lipinski definition) is 7. The number of carbonyl (C=O) groups is 1. The molecule has 1 spiro atoms. The molecule has 6 rings (SSSR count). The summed E-state index contributed by atoms with van der Waals surface area (Å²) >= 11 is 0. The lowest BCUT2D eigenvalue weighted by atomic mass is 9.68. The van der Waals surface area contributed by atoms with E-state index in [1.54, 1.807) is 12.4 Å². The molecule has 1 unspecified atom stereocenters. The average molecular weight is 507 g/mol. The first-order valence-electron chi connectivity index (χ1n) is 13.7. The number of aromatic nitrogens is 2. The third-order valence-electron chi connectivity index (χ3n) is 8.94. The molecule has 4 heterocycles. The van der Waals surface area contributed by atoms with Crippen molar-refractivity contribution >= 4 is 17.7 Å². The second-order valence-electron chi connectivity index (χ2n) is 11.1. The number of rotatable bonds is 6. The summed E-state index contributed by atoms with van der Waals surface area (Å²) in [5.41, 5.74) is 1.87. The van der Waals surface area contributed by atoms with E-state index in [4.69, 9.17) is 9.47 Å². The number of amides is 2. The van der Waals surface area contributed by atoms with Gasteiger partial charge >= 0.3 is 6.03 Å². The Balaban J connectivity index is 1.17. The molecule has 1 saturated carbocycles. The van der Waals surface area contributed by atoms with Crippen LogP contribution in [0.4, 0.5) is 16.4 Å². The minimum Gasteiger partial charge on any atom is -0.381 e. The molecule has 9 nitrogen and oxygen atoms in total. The summed E-state index contributed by atoms with van der Waals surface area (Å²) in [7, 11) is 2.27. The molecule has 1 atom stereocenters. The number of morpholine rings is 1. The highest BCUT2D eigenvalue weighted by molar-refractivity contribution is 5.95. The standard InChI is InChI=1S/C28H38N6O3/c1-32(19-22-7-14-37-20-22)28(23-5-3-2-4-6-23)10-8-27(9-11-28)21-34(26(35)31-27)24-17-29-25(30-18-24)33-12-15-36-16-13-33/h2-6,17-18,22H,7-16,19-21H2,1H3,(H,31,35)/t22?,27-,28-. The molecule has 3 aliphatic heterocycles. The first kappa shape index (κ1) is 24.6. The number of nitrogens with one attached hydrogen (secondary N) is 1. The Morgan fingerprint density at radius 3 is 2.43 bits per heavy atom. The summed E-state index contributed by atoms with van der Waals surface area (Å²) in [5, 5.41) is 3.36. The summed E-state index contributed by atoms with van der Waals surface area (Å²) in [4.78, 5) is 28.8. The van der Waals surface area contributed by atoms with Gasteiger partial charge in [0, 0.05) is 31.8 Å². The van der Waals surface area contributed by atoms with Crippen LogP contribution >= 0.6 is 0 Å². The van der Waals surface area contributed by atoms with Crippen molar-refractivity contribution in [2.75, 3.05) is 69.5 Å². The minimum absolute atomic E-state index is 0.0316. The van der Waals surface area contributed by atoms with Crippen molar-refractivity contribution in [2.24, 2.45) is 5.92 Å². The number of anilines is 2. The topological polar surface area (TPSA) is 83.1 Å². The number of hydrogen-bond donors (Lipinski definition) is 1. The average Bonchev–Trinajstić information content (AvgIpc) is 3.58. The van der Waals surface area contributed by atoms with Crippen molar-refractivity contribution in [3.05, 3.63) is 48.3 Å². The normalized spacial score (nSPS) is 30.3. The lowest BCUT2D eigenvalue weighted by molar-refractivity contribution is 0.0323. The highest BCUT2D eigenvalue weighted by Crippen LogP contribution is 2.47. The predicted octanol–water partition coefficient (Wildman–Crippen LogP) is 3.02. The van der Waals surface area contributed by atoms with Gasteiger partial charge in [0.1, 0.15) is 0 Å². The zero-order valence-corrected chi connectivity index (χ0v) is 21.8. The Labute approximate surface area is 219 Å². The van der Waals surface area contributed by atoms with Crippen LogP contribution in [0.2, 0.25) is 0 Å². The van der Waals surface area contributed by atoms with Crippen molar-refractivity contribution < 1.29 is 14.3 Å². The van der Waals surface area contributed by atoms with Crippen LogP contribution in [0.5, 0.6) is 0 Å². The van der Waals surface area contributed by atoms with Crippen LogP contribution in [-0.4, -0.2) is 86.1 Å². The van der Waals surface area contributed by atoms with Gasteiger partial charge in [0.2, 0.25) is 5.95 Å². The molecular weight excluding hydrogens is 468 g/mol. The Morgan fingerprint density at radius 1 is 1.03 bits per heavy atom. The number of urea groups is 1. The Morgan fingerprint density at radius 2 is 1.76 bits per heavy atom. The molecular formula is C28H38N6O3. The molecule has 37 heavy (non-hydrogen) atoms. The molecule has 0 bridgehead atoms. The lowest BCUT2D eigenvalue weighted by Crippen LogP contribution is -2.55. The maximum Gasteiger partial charge on any atom is 0.322 e. The molecule has 1 aromatic heterocycles. The second-order valence-corrected chi connectivity index (χ2v) is 11.1. The molecule has 1 N–H and O–H groups in total. The number of carbonyl (C=O) groups excluding carboxylic acids is 1. The van der Waals surface area contributed by atoms with Crippen LogP contribution < -0.4 is 15.1 Å². The Bertz CT molecular complexity index is 1060. The fourth-order valence-corrected chi connectivity index (χ4v) is 6.65. The van der Waals surface area contributed by atoms with Crippen LogP contribution in [-0.2, 0) is 15.0 Å². The van der Waals surface area contributed by atoms with Gasteiger partial charge in [-0.1, -0.05) is 30.3 Å². The second kappa shape index (κ2) is 10.2. The monoisotopic (exact) mass is 506 g/mol. The molecule has 4 fully saturated rings. The summed E-state index contributed by atoms with van der Waals surface area (Å²) in [6.45, 7) is 6.38. The van der Waals surface area contributed by atoms with Gasteiger partial charge in [-0.3, -0.25) is 9.80 Å². The number of ether oxygens (including phenoxy) is 2. The minimum atomic E-state index is -0.227. The van der Waals surface area contributed by atoms with E-state index in [2.05, 4.69) is 62.5 Å². The highest BCUT2D eigenvalue weighted by Gasteiger charge is 2.51. The molecule has 0 radical (unpaired) electrons.